The molecule has 1 heterocycles. The van der Waals surface area contributed by atoms with Crippen molar-refractivity contribution in [2.75, 3.05) is 13.2 Å². The minimum absolute atomic E-state index is 0.191. The first kappa shape index (κ1) is 16.8. The van der Waals surface area contributed by atoms with E-state index in [0.717, 1.165) is 16.5 Å². The topological polar surface area (TPSA) is 84.1 Å². The Labute approximate surface area is 154 Å². The highest BCUT2D eigenvalue weighted by molar-refractivity contribution is 6.04. The maximum absolute atomic E-state index is 12.4. The molecule has 1 aromatic heterocycles. The summed E-state index contributed by atoms with van der Waals surface area (Å²) < 4.78 is 5.71. The average molecular weight is 359 g/mol. The van der Waals surface area contributed by atoms with Crippen LogP contribution >= 0.6 is 0 Å². The summed E-state index contributed by atoms with van der Waals surface area (Å²) in [5.74, 6) is 0.389. The fraction of sp³-hybridized carbons (Fsp3) is 0.0952. The van der Waals surface area contributed by atoms with Crippen LogP contribution in [-0.4, -0.2) is 29.3 Å². The lowest BCUT2D eigenvalue weighted by molar-refractivity contribution is 0.0943. The Kier molecular flexibility index (Phi) is 4.53. The molecule has 0 aliphatic carbocycles. The minimum atomic E-state index is -0.357. The maximum atomic E-state index is 12.4. The van der Waals surface area contributed by atoms with Crippen molar-refractivity contribution in [2.45, 2.75) is 0 Å². The molecule has 0 radical (unpaired) electrons. The molecule has 0 spiro atoms. The number of H-pyrrole nitrogens is 1. The van der Waals surface area contributed by atoms with Gasteiger partial charge in [0, 0.05) is 5.39 Å². The second kappa shape index (κ2) is 7.29. The summed E-state index contributed by atoms with van der Waals surface area (Å²) in [5, 5.41) is 12.2. The highest BCUT2D eigenvalue weighted by Crippen LogP contribution is 2.20. The molecule has 4 rings (SSSR count). The number of carbonyl (C=O) groups excluding carboxylic acids is 1. The number of benzene rings is 3. The van der Waals surface area contributed by atoms with Gasteiger partial charge in [-0.15, -0.1) is 0 Å². The molecule has 27 heavy (non-hydrogen) atoms. The molecule has 0 fully saturated rings. The Balaban J connectivity index is 1.40. The van der Waals surface area contributed by atoms with E-state index in [1.807, 2.05) is 42.5 Å². The zero-order valence-corrected chi connectivity index (χ0v) is 14.4. The fourth-order valence-corrected chi connectivity index (χ4v) is 2.96. The second-order valence-electron chi connectivity index (χ2n) is 6.06. The van der Waals surface area contributed by atoms with Gasteiger partial charge in [-0.05, 0) is 29.0 Å². The maximum Gasteiger partial charge on any atom is 0.272 e. The van der Waals surface area contributed by atoms with E-state index in [1.165, 1.54) is 0 Å². The van der Waals surface area contributed by atoms with Crippen molar-refractivity contribution >= 4 is 27.5 Å². The number of hydrogen-bond acceptors (Lipinski definition) is 4. The van der Waals surface area contributed by atoms with Gasteiger partial charge >= 0.3 is 0 Å². The number of aromatic amines is 1. The average Bonchev–Trinajstić information content (AvgIpc) is 2.71. The van der Waals surface area contributed by atoms with Gasteiger partial charge in [0.2, 0.25) is 0 Å². The Morgan fingerprint density at radius 1 is 0.963 bits per heavy atom. The van der Waals surface area contributed by atoms with E-state index in [9.17, 15) is 9.59 Å². The fourth-order valence-electron chi connectivity index (χ4n) is 2.96. The van der Waals surface area contributed by atoms with E-state index in [0.29, 0.717) is 23.9 Å². The SMILES string of the molecule is O=C(NCCOc1ccc2ccccc2c1)c1n[nH]c(=O)c2ccccc12. The summed E-state index contributed by atoms with van der Waals surface area (Å²) in [7, 11) is 0. The molecule has 0 aliphatic heterocycles. The Morgan fingerprint density at radius 3 is 2.56 bits per heavy atom. The second-order valence-corrected chi connectivity index (χ2v) is 6.06. The largest absolute Gasteiger partial charge is 0.492 e. The lowest BCUT2D eigenvalue weighted by Crippen LogP contribution is -2.30. The number of fused-ring (bicyclic) bond motifs is 2. The molecule has 6 nitrogen and oxygen atoms in total. The third-order valence-corrected chi connectivity index (χ3v) is 4.29. The molecule has 1 amide bonds. The molecule has 0 atom stereocenters. The molecule has 4 aromatic rings. The van der Waals surface area contributed by atoms with Crippen molar-refractivity contribution in [3.05, 3.63) is 82.8 Å². The summed E-state index contributed by atoms with van der Waals surface area (Å²) in [5.41, 5.74) is -0.127. The molecule has 0 saturated carbocycles. The predicted octanol–water partition coefficient (Wildman–Crippen LogP) is 2.89. The molecule has 3 aromatic carbocycles. The van der Waals surface area contributed by atoms with Crippen molar-refractivity contribution in [3.8, 4) is 5.75 Å². The lowest BCUT2D eigenvalue weighted by atomic mass is 10.1. The minimum Gasteiger partial charge on any atom is -0.492 e. The van der Waals surface area contributed by atoms with Crippen LogP contribution in [0, 0.1) is 0 Å². The van der Waals surface area contributed by atoms with Gasteiger partial charge in [-0.25, -0.2) is 5.10 Å². The molecular weight excluding hydrogens is 342 g/mol. The number of rotatable bonds is 5. The summed E-state index contributed by atoms with van der Waals surface area (Å²) in [4.78, 5) is 24.2. The van der Waals surface area contributed by atoms with E-state index in [4.69, 9.17) is 4.74 Å². The summed E-state index contributed by atoms with van der Waals surface area (Å²) in [6.45, 7) is 0.645. The number of nitrogens with zero attached hydrogens (tertiary/aromatic N) is 1. The molecular formula is C21H17N3O3. The van der Waals surface area contributed by atoms with Crippen LogP contribution in [0.1, 0.15) is 10.5 Å². The first-order chi connectivity index (χ1) is 13.2. The summed E-state index contributed by atoms with van der Waals surface area (Å²) >= 11 is 0. The smallest absolute Gasteiger partial charge is 0.272 e. The molecule has 2 N–H and O–H groups in total. The normalized spacial score (nSPS) is 10.8. The van der Waals surface area contributed by atoms with Crippen molar-refractivity contribution < 1.29 is 9.53 Å². The van der Waals surface area contributed by atoms with Gasteiger partial charge in [0.15, 0.2) is 5.69 Å². The van der Waals surface area contributed by atoms with Crippen molar-refractivity contribution in [1.82, 2.24) is 15.5 Å². The molecule has 6 heteroatoms. The van der Waals surface area contributed by atoms with Crippen LogP contribution in [0.4, 0.5) is 0 Å². The quantitative estimate of drug-likeness (QED) is 0.537. The number of nitrogens with one attached hydrogen (secondary N) is 2. The lowest BCUT2D eigenvalue weighted by Gasteiger charge is -2.09. The Morgan fingerprint density at radius 2 is 1.70 bits per heavy atom. The van der Waals surface area contributed by atoms with Gasteiger partial charge in [0.05, 0.1) is 11.9 Å². The van der Waals surface area contributed by atoms with Gasteiger partial charge < -0.3 is 10.1 Å². The van der Waals surface area contributed by atoms with E-state index >= 15 is 0 Å². The van der Waals surface area contributed by atoms with Crippen molar-refractivity contribution in [3.63, 3.8) is 0 Å². The third-order valence-electron chi connectivity index (χ3n) is 4.29. The number of amides is 1. The Bertz CT molecular complexity index is 1180. The first-order valence-corrected chi connectivity index (χ1v) is 8.59. The zero-order valence-electron chi connectivity index (χ0n) is 14.4. The predicted molar refractivity (Wildman–Crippen MR) is 104 cm³/mol. The number of ether oxygens (including phenoxy) is 1. The number of carbonyl (C=O) groups is 1. The molecule has 0 aliphatic rings. The van der Waals surface area contributed by atoms with Crippen LogP contribution in [0.15, 0.2) is 71.5 Å². The van der Waals surface area contributed by atoms with Crippen LogP contribution in [-0.2, 0) is 0 Å². The summed E-state index contributed by atoms with van der Waals surface area (Å²) in [6, 6.07) is 20.8. The zero-order chi connectivity index (χ0) is 18.6. The third kappa shape index (κ3) is 3.50. The standard InChI is InChI=1S/C21H17N3O3/c25-20-18-8-4-3-7-17(18)19(23-24-20)21(26)22-11-12-27-16-10-9-14-5-1-2-6-15(14)13-16/h1-10,13H,11-12H2,(H,22,26)(H,24,25). The van der Waals surface area contributed by atoms with Gasteiger partial charge in [-0.1, -0.05) is 48.5 Å². The van der Waals surface area contributed by atoms with Crippen LogP contribution in [0.5, 0.6) is 5.75 Å². The van der Waals surface area contributed by atoms with Gasteiger partial charge in [0.25, 0.3) is 11.5 Å². The first-order valence-electron chi connectivity index (χ1n) is 8.59. The van der Waals surface area contributed by atoms with Gasteiger partial charge in [-0.3, -0.25) is 9.59 Å². The van der Waals surface area contributed by atoms with Crippen molar-refractivity contribution in [1.29, 1.82) is 0 Å². The van der Waals surface area contributed by atoms with Crippen molar-refractivity contribution in [2.24, 2.45) is 0 Å². The van der Waals surface area contributed by atoms with E-state index in [1.54, 1.807) is 24.3 Å². The highest BCUT2D eigenvalue weighted by atomic mass is 16.5. The monoisotopic (exact) mass is 359 g/mol. The highest BCUT2D eigenvalue weighted by Gasteiger charge is 2.13. The van der Waals surface area contributed by atoms with Gasteiger partial charge in [-0.2, -0.15) is 5.10 Å². The van der Waals surface area contributed by atoms with E-state index in [2.05, 4.69) is 15.5 Å². The van der Waals surface area contributed by atoms with Gasteiger partial charge in [0.1, 0.15) is 12.4 Å². The molecule has 134 valence electrons. The molecule has 0 bridgehead atoms. The van der Waals surface area contributed by atoms with Crippen LogP contribution in [0.3, 0.4) is 0 Å². The van der Waals surface area contributed by atoms with E-state index in [-0.39, 0.29) is 17.2 Å². The number of aromatic nitrogens is 2. The van der Waals surface area contributed by atoms with Crippen LogP contribution in [0.25, 0.3) is 21.5 Å². The molecule has 0 saturated heterocycles. The van der Waals surface area contributed by atoms with Crippen LogP contribution in [0.2, 0.25) is 0 Å². The van der Waals surface area contributed by atoms with E-state index < -0.39 is 0 Å². The number of hydrogen-bond donors (Lipinski definition) is 2. The van der Waals surface area contributed by atoms with Crippen LogP contribution < -0.4 is 15.6 Å². The Hall–Kier alpha value is -3.67. The molecule has 0 unspecified atom stereocenters. The summed E-state index contributed by atoms with van der Waals surface area (Å²) in [6.07, 6.45) is 0.